The molecule has 0 aromatic heterocycles. The molecule has 1 fully saturated rings. The SMILES string of the molecule is CC1CC1(C#N)S(=O)(=O)c1cc(F)ccc1F. The van der Waals surface area contributed by atoms with E-state index in [2.05, 4.69) is 0 Å². The van der Waals surface area contributed by atoms with Gasteiger partial charge in [0.25, 0.3) is 0 Å². The van der Waals surface area contributed by atoms with Crippen LogP contribution in [-0.4, -0.2) is 13.2 Å². The van der Waals surface area contributed by atoms with Crippen LogP contribution in [0.15, 0.2) is 23.1 Å². The molecule has 1 aromatic carbocycles. The molecule has 1 aromatic rings. The van der Waals surface area contributed by atoms with Crippen LogP contribution in [0.3, 0.4) is 0 Å². The summed E-state index contributed by atoms with van der Waals surface area (Å²) in [5.41, 5.74) is 0. The van der Waals surface area contributed by atoms with Crippen LogP contribution in [-0.2, 0) is 9.84 Å². The van der Waals surface area contributed by atoms with Gasteiger partial charge in [0.2, 0.25) is 9.84 Å². The molecule has 2 rings (SSSR count). The highest BCUT2D eigenvalue weighted by Crippen LogP contribution is 2.52. The van der Waals surface area contributed by atoms with Gasteiger partial charge >= 0.3 is 0 Å². The highest BCUT2D eigenvalue weighted by Gasteiger charge is 2.63. The maximum atomic E-state index is 13.4. The number of nitrogens with zero attached hydrogens (tertiary/aromatic N) is 1. The van der Waals surface area contributed by atoms with Crippen LogP contribution in [0.2, 0.25) is 0 Å². The fourth-order valence-corrected chi connectivity index (χ4v) is 3.97. The van der Waals surface area contributed by atoms with Crippen molar-refractivity contribution >= 4 is 9.84 Å². The molecular weight excluding hydrogens is 248 g/mol. The van der Waals surface area contributed by atoms with Gasteiger partial charge in [0.15, 0.2) is 4.75 Å². The molecule has 1 saturated carbocycles. The van der Waals surface area contributed by atoms with Crippen molar-refractivity contribution in [2.24, 2.45) is 5.92 Å². The molecular formula is C11H9F2NO2S. The summed E-state index contributed by atoms with van der Waals surface area (Å²) < 4.78 is 49.0. The number of sulfone groups is 1. The van der Waals surface area contributed by atoms with E-state index >= 15 is 0 Å². The van der Waals surface area contributed by atoms with Crippen LogP contribution >= 0.6 is 0 Å². The monoisotopic (exact) mass is 257 g/mol. The summed E-state index contributed by atoms with van der Waals surface area (Å²) in [6.07, 6.45) is 0.155. The summed E-state index contributed by atoms with van der Waals surface area (Å²) in [6.45, 7) is 1.60. The topological polar surface area (TPSA) is 57.9 Å². The van der Waals surface area contributed by atoms with Gasteiger partial charge in [-0.3, -0.25) is 0 Å². The Kier molecular flexibility index (Phi) is 2.47. The van der Waals surface area contributed by atoms with Crippen molar-refractivity contribution < 1.29 is 17.2 Å². The number of benzene rings is 1. The van der Waals surface area contributed by atoms with Gasteiger partial charge in [0, 0.05) is 0 Å². The van der Waals surface area contributed by atoms with Crippen LogP contribution in [0.4, 0.5) is 8.78 Å². The second-order valence-electron chi connectivity index (χ2n) is 4.18. The average Bonchev–Trinajstić information content (AvgIpc) is 2.95. The van der Waals surface area contributed by atoms with E-state index in [4.69, 9.17) is 5.26 Å². The second-order valence-corrected chi connectivity index (χ2v) is 6.36. The molecule has 1 aliphatic rings. The molecule has 90 valence electrons. The van der Waals surface area contributed by atoms with Crippen molar-refractivity contribution in [3.8, 4) is 6.07 Å². The summed E-state index contributed by atoms with van der Waals surface area (Å²) in [5.74, 6) is -2.23. The fourth-order valence-electron chi connectivity index (χ4n) is 1.87. The van der Waals surface area contributed by atoms with Gasteiger partial charge in [-0.2, -0.15) is 5.26 Å². The Morgan fingerprint density at radius 2 is 2.06 bits per heavy atom. The number of rotatable bonds is 2. The third-order valence-corrected chi connectivity index (χ3v) is 5.61. The highest BCUT2D eigenvalue weighted by atomic mass is 32.2. The third kappa shape index (κ3) is 1.53. The van der Waals surface area contributed by atoms with E-state index < -0.39 is 31.1 Å². The Morgan fingerprint density at radius 1 is 1.47 bits per heavy atom. The lowest BCUT2D eigenvalue weighted by Gasteiger charge is -2.10. The minimum absolute atomic E-state index is 0.155. The first-order chi connectivity index (χ1) is 7.85. The fraction of sp³-hybridized carbons (Fsp3) is 0.364. The molecule has 2 atom stereocenters. The van der Waals surface area contributed by atoms with Gasteiger partial charge in [-0.25, -0.2) is 17.2 Å². The molecule has 3 nitrogen and oxygen atoms in total. The molecule has 0 spiro atoms. The van der Waals surface area contributed by atoms with Crippen molar-refractivity contribution in [2.75, 3.05) is 0 Å². The predicted octanol–water partition coefficient (Wildman–Crippen LogP) is 2.04. The minimum Gasteiger partial charge on any atom is -0.222 e. The molecule has 6 heteroatoms. The Bertz CT molecular complexity index is 621. The van der Waals surface area contributed by atoms with E-state index in [1.54, 1.807) is 13.0 Å². The van der Waals surface area contributed by atoms with E-state index in [9.17, 15) is 17.2 Å². The molecule has 1 aliphatic carbocycles. The van der Waals surface area contributed by atoms with E-state index in [-0.39, 0.29) is 12.3 Å². The molecule has 17 heavy (non-hydrogen) atoms. The van der Waals surface area contributed by atoms with Gasteiger partial charge in [-0.15, -0.1) is 0 Å². The number of hydrogen-bond acceptors (Lipinski definition) is 3. The highest BCUT2D eigenvalue weighted by molar-refractivity contribution is 7.93. The van der Waals surface area contributed by atoms with Crippen LogP contribution < -0.4 is 0 Å². The molecule has 0 saturated heterocycles. The van der Waals surface area contributed by atoms with Crippen LogP contribution in [0.1, 0.15) is 13.3 Å². The van der Waals surface area contributed by atoms with Crippen molar-refractivity contribution in [2.45, 2.75) is 23.0 Å². The standard InChI is InChI=1S/C11H9F2NO2S/c1-7-5-11(7,6-14)17(15,16)10-4-8(12)2-3-9(10)13/h2-4,7H,5H2,1H3. The summed E-state index contributed by atoms with van der Waals surface area (Å²) in [4.78, 5) is -0.733. The Morgan fingerprint density at radius 3 is 2.53 bits per heavy atom. The zero-order chi connectivity index (χ0) is 12.8. The van der Waals surface area contributed by atoms with Crippen molar-refractivity contribution in [1.82, 2.24) is 0 Å². The van der Waals surface area contributed by atoms with E-state index in [0.717, 1.165) is 12.1 Å². The Balaban J connectivity index is 2.62. The van der Waals surface area contributed by atoms with Crippen LogP contribution in [0.25, 0.3) is 0 Å². The molecule has 0 heterocycles. The van der Waals surface area contributed by atoms with Gasteiger partial charge in [0.1, 0.15) is 16.5 Å². The average molecular weight is 257 g/mol. The van der Waals surface area contributed by atoms with Gasteiger partial charge in [0.05, 0.1) is 6.07 Å². The summed E-state index contributed by atoms with van der Waals surface area (Å²) in [7, 11) is -4.16. The zero-order valence-corrected chi connectivity index (χ0v) is 9.76. The smallest absolute Gasteiger partial charge is 0.200 e. The third-order valence-electron chi connectivity index (χ3n) is 3.10. The first-order valence-electron chi connectivity index (χ1n) is 4.96. The minimum atomic E-state index is -4.16. The summed E-state index contributed by atoms with van der Waals surface area (Å²) >= 11 is 0. The summed E-state index contributed by atoms with van der Waals surface area (Å²) in [6, 6.07) is 3.92. The van der Waals surface area contributed by atoms with Crippen molar-refractivity contribution in [3.05, 3.63) is 29.8 Å². The molecule has 0 aliphatic heterocycles. The molecule has 0 radical (unpaired) electrons. The predicted molar refractivity (Wildman–Crippen MR) is 55.7 cm³/mol. The lowest BCUT2D eigenvalue weighted by Crippen LogP contribution is -2.24. The van der Waals surface area contributed by atoms with Crippen molar-refractivity contribution in [3.63, 3.8) is 0 Å². The Labute approximate surface area is 97.6 Å². The van der Waals surface area contributed by atoms with E-state index in [1.165, 1.54) is 0 Å². The van der Waals surface area contributed by atoms with Gasteiger partial charge in [-0.05, 0) is 30.5 Å². The first-order valence-corrected chi connectivity index (χ1v) is 6.44. The van der Waals surface area contributed by atoms with Crippen LogP contribution in [0.5, 0.6) is 0 Å². The zero-order valence-electron chi connectivity index (χ0n) is 8.94. The molecule has 2 unspecified atom stereocenters. The number of halogens is 2. The quantitative estimate of drug-likeness (QED) is 0.814. The van der Waals surface area contributed by atoms with E-state index in [1.807, 2.05) is 0 Å². The maximum Gasteiger partial charge on any atom is 0.200 e. The molecule has 0 amide bonds. The largest absolute Gasteiger partial charge is 0.222 e. The molecule has 0 bridgehead atoms. The Hall–Kier alpha value is -1.48. The second kappa shape index (κ2) is 3.50. The number of hydrogen-bond donors (Lipinski definition) is 0. The van der Waals surface area contributed by atoms with Gasteiger partial charge in [-0.1, -0.05) is 6.92 Å². The molecule has 0 N–H and O–H groups in total. The van der Waals surface area contributed by atoms with Crippen molar-refractivity contribution in [1.29, 1.82) is 5.26 Å². The normalized spacial score (nSPS) is 27.5. The first kappa shape index (κ1) is 12.0. The van der Waals surface area contributed by atoms with Crippen LogP contribution in [0, 0.1) is 28.9 Å². The summed E-state index contributed by atoms with van der Waals surface area (Å²) in [5, 5.41) is 8.94. The maximum absolute atomic E-state index is 13.4. The van der Waals surface area contributed by atoms with Gasteiger partial charge < -0.3 is 0 Å². The lowest BCUT2D eigenvalue weighted by molar-refractivity contribution is 0.547. The number of nitriles is 1. The van der Waals surface area contributed by atoms with E-state index in [0.29, 0.717) is 6.07 Å². The lowest BCUT2D eigenvalue weighted by atomic mass is 10.3.